The molecule has 3 nitrogen and oxygen atoms in total. The first-order chi connectivity index (χ1) is 12.9. The van der Waals surface area contributed by atoms with Gasteiger partial charge in [-0.15, -0.1) is 11.3 Å². The average molecular weight is 429 g/mol. The fraction of sp³-hybridized carbons (Fsp3) is 0.167. The van der Waals surface area contributed by atoms with Crippen molar-refractivity contribution in [3.8, 4) is 27.6 Å². The Morgan fingerprint density at radius 3 is 2.81 bits per heavy atom. The molecule has 27 heavy (non-hydrogen) atoms. The predicted octanol–water partition coefficient (Wildman–Crippen LogP) is 6.65. The summed E-state index contributed by atoms with van der Waals surface area (Å²) in [7, 11) is 0. The Morgan fingerprint density at radius 2 is 2.04 bits per heavy atom. The SMILES string of the molecule is FC(F)(F)SNc1ccc(-c2csc(-c3ccc4c(c3)CCO4)n2)c(Cl)c1. The second-order valence-corrected chi connectivity index (χ2v) is 7.94. The molecule has 2 heterocycles. The number of thiazole rings is 1. The molecule has 2 aromatic carbocycles. The Morgan fingerprint density at radius 1 is 1.19 bits per heavy atom. The third-order valence-corrected chi connectivity index (χ3v) is 5.74. The highest BCUT2D eigenvalue weighted by atomic mass is 35.5. The Bertz CT molecular complexity index is 991. The number of alkyl halides is 3. The molecule has 140 valence electrons. The van der Waals surface area contributed by atoms with Crippen LogP contribution in [-0.2, 0) is 6.42 Å². The summed E-state index contributed by atoms with van der Waals surface area (Å²) in [5.74, 6) is 0.915. The van der Waals surface area contributed by atoms with Crippen LogP contribution in [0.1, 0.15) is 5.56 Å². The number of hydrogen-bond donors (Lipinski definition) is 1. The van der Waals surface area contributed by atoms with Crippen LogP contribution in [0.2, 0.25) is 5.02 Å². The van der Waals surface area contributed by atoms with E-state index in [-0.39, 0.29) is 17.6 Å². The van der Waals surface area contributed by atoms with Crippen molar-refractivity contribution in [2.24, 2.45) is 0 Å². The number of anilines is 1. The van der Waals surface area contributed by atoms with Gasteiger partial charge < -0.3 is 9.46 Å². The molecule has 0 saturated carbocycles. The molecule has 0 aliphatic carbocycles. The van der Waals surface area contributed by atoms with Gasteiger partial charge in [0.15, 0.2) is 0 Å². The first-order valence-electron chi connectivity index (χ1n) is 7.91. The molecule has 0 unspecified atom stereocenters. The lowest BCUT2D eigenvalue weighted by molar-refractivity contribution is -0.0323. The monoisotopic (exact) mass is 428 g/mol. The number of halogens is 4. The van der Waals surface area contributed by atoms with Crippen LogP contribution in [0.25, 0.3) is 21.8 Å². The second kappa shape index (κ2) is 7.26. The van der Waals surface area contributed by atoms with Gasteiger partial charge in [0, 0.05) is 28.6 Å². The maximum atomic E-state index is 12.3. The van der Waals surface area contributed by atoms with E-state index in [9.17, 15) is 13.2 Å². The van der Waals surface area contributed by atoms with Crippen molar-refractivity contribution >= 4 is 40.6 Å². The highest BCUT2D eigenvalue weighted by Gasteiger charge is 2.29. The van der Waals surface area contributed by atoms with E-state index in [4.69, 9.17) is 16.3 Å². The van der Waals surface area contributed by atoms with E-state index >= 15 is 0 Å². The number of fused-ring (bicyclic) bond motifs is 1. The van der Waals surface area contributed by atoms with E-state index in [1.54, 1.807) is 12.1 Å². The van der Waals surface area contributed by atoms with Crippen LogP contribution in [0.4, 0.5) is 18.9 Å². The first kappa shape index (κ1) is 18.5. The first-order valence-corrected chi connectivity index (χ1v) is 9.99. The maximum Gasteiger partial charge on any atom is 0.461 e. The summed E-state index contributed by atoms with van der Waals surface area (Å²) in [6.07, 6.45) is 0.887. The molecule has 0 radical (unpaired) electrons. The summed E-state index contributed by atoms with van der Waals surface area (Å²) >= 11 is 7.43. The zero-order chi connectivity index (χ0) is 19.0. The summed E-state index contributed by atoms with van der Waals surface area (Å²) in [6.45, 7) is 0.699. The molecule has 0 spiro atoms. The number of rotatable bonds is 4. The molecule has 1 aromatic heterocycles. The third-order valence-electron chi connectivity index (χ3n) is 3.97. The van der Waals surface area contributed by atoms with Crippen LogP contribution >= 0.6 is 34.9 Å². The number of nitrogens with zero attached hydrogens (tertiary/aromatic N) is 1. The Balaban J connectivity index is 1.56. The van der Waals surface area contributed by atoms with Crippen molar-refractivity contribution in [3.05, 3.63) is 52.4 Å². The van der Waals surface area contributed by atoms with E-state index < -0.39 is 5.51 Å². The lowest BCUT2D eigenvalue weighted by Crippen LogP contribution is -2.04. The second-order valence-electron chi connectivity index (χ2n) is 5.80. The largest absolute Gasteiger partial charge is 0.493 e. The van der Waals surface area contributed by atoms with Crippen molar-refractivity contribution in [2.45, 2.75) is 11.9 Å². The van der Waals surface area contributed by atoms with Crippen LogP contribution < -0.4 is 9.46 Å². The van der Waals surface area contributed by atoms with Gasteiger partial charge in [0.1, 0.15) is 10.8 Å². The zero-order valence-electron chi connectivity index (χ0n) is 13.6. The van der Waals surface area contributed by atoms with E-state index in [0.717, 1.165) is 22.7 Å². The zero-order valence-corrected chi connectivity index (χ0v) is 16.0. The number of benzene rings is 2. The van der Waals surface area contributed by atoms with Gasteiger partial charge in [-0.3, -0.25) is 0 Å². The topological polar surface area (TPSA) is 34.1 Å². The minimum atomic E-state index is -4.37. The van der Waals surface area contributed by atoms with Crippen molar-refractivity contribution in [2.75, 3.05) is 11.3 Å². The van der Waals surface area contributed by atoms with Crippen molar-refractivity contribution in [1.82, 2.24) is 4.98 Å². The van der Waals surface area contributed by atoms with Crippen LogP contribution in [0, 0.1) is 0 Å². The molecule has 1 N–H and O–H groups in total. The lowest BCUT2D eigenvalue weighted by Gasteiger charge is -2.09. The number of hydrogen-bond acceptors (Lipinski definition) is 5. The van der Waals surface area contributed by atoms with E-state index in [1.165, 1.54) is 23.0 Å². The van der Waals surface area contributed by atoms with Gasteiger partial charge >= 0.3 is 5.51 Å². The lowest BCUT2D eigenvalue weighted by atomic mass is 10.1. The quantitative estimate of drug-likeness (QED) is 0.472. The minimum absolute atomic E-state index is 0.278. The molecule has 0 amide bonds. The Kier molecular flexibility index (Phi) is 4.96. The molecule has 4 rings (SSSR count). The molecular weight excluding hydrogens is 417 g/mol. The predicted molar refractivity (Wildman–Crippen MR) is 104 cm³/mol. The normalized spacial score (nSPS) is 13.3. The standard InChI is InChI=1S/C18H12ClF3N2OS2/c19-14-8-12(24-27-18(20,21)22)2-3-13(14)15-9-26-17(23-15)11-1-4-16-10(7-11)5-6-25-16/h1-4,7-9,24H,5-6H2. The van der Waals surface area contributed by atoms with Crippen molar-refractivity contribution < 1.29 is 17.9 Å². The van der Waals surface area contributed by atoms with Crippen LogP contribution in [0.5, 0.6) is 5.75 Å². The summed E-state index contributed by atoms with van der Waals surface area (Å²) in [6, 6.07) is 10.7. The van der Waals surface area contributed by atoms with E-state index in [2.05, 4.69) is 15.8 Å². The fourth-order valence-electron chi connectivity index (χ4n) is 2.75. The molecule has 0 bridgehead atoms. The molecule has 1 aliphatic rings. The smallest absolute Gasteiger partial charge is 0.461 e. The molecule has 9 heteroatoms. The highest BCUT2D eigenvalue weighted by Crippen LogP contribution is 2.37. The van der Waals surface area contributed by atoms with Crippen LogP contribution in [0.3, 0.4) is 0 Å². The summed E-state index contributed by atoms with van der Waals surface area (Å²) in [4.78, 5) is 4.64. The molecule has 0 atom stereocenters. The Hall–Kier alpha value is -1.90. The van der Waals surface area contributed by atoms with Crippen LogP contribution in [0.15, 0.2) is 41.8 Å². The minimum Gasteiger partial charge on any atom is -0.493 e. The van der Waals surface area contributed by atoms with Gasteiger partial charge in [-0.05, 0) is 42.0 Å². The number of nitrogens with one attached hydrogen (secondary N) is 1. The number of ether oxygens (including phenoxy) is 1. The van der Waals surface area contributed by atoms with Gasteiger partial charge in [-0.1, -0.05) is 11.6 Å². The van der Waals surface area contributed by atoms with Gasteiger partial charge in [0.25, 0.3) is 0 Å². The van der Waals surface area contributed by atoms with Gasteiger partial charge in [-0.25, -0.2) is 4.98 Å². The van der Waals surface area contributed by atoms with Crippen LogP contribution in [-0.4, -0.2) is 17.1 Å². The fourth-order valence-corrected chi connectivity index (χ4v) is 4.21. The number of aromatic nitrogens is 1. The van der Waals surface area contributed by atoms with Gasteiger partial charge in [-0.2, -0.15) is 13.2 Å². The maximum absolute atomic E-state index is 12.3. The molecule has 1 aliphatic heterocycles. The molecular formula is C18H12ClF3N2OS2. The summed E-state index contributed by atoms with van der Waals surface area (Å²) in [5, 5.41) is 3.07. The molecule has 3 aromatic rings. The highest BCUT2D eigenvalue weighted by molar-refractivity contribution is 8.01. The summed E-state index contributed by atoms with van der Waals surface area (Å²) < 4.78 is 44.6. The van der Waals surface area contributed by atoms with Crippen molar-refractivity contribution in [3.63, 3.8) is 0 Å². The average Bonchev–Trinajstić information content (AvgIpc) is 3.28. The van der Waals surface area contributed by atoms with Gasteiger partial charge in [0.2, 0.25) is 0 Å². The molecule has 0 saturated heterocycles. The molecule has 0 fully saturated rings. The van der Waals surface area contributed by atoms with E-state index in [1.807, 2.05) is 17.5 Å². The van der Waals surface area contributed by atoms with Gasteiger partial charge in [0.05, 0.1) is 29.3 Å². The van der Waals surface area contributed by atoms with E-state index in [0.29, 0.717) is 22.9 Å². The third kappa shape index (κ3) is 4.17. The Labute approximate surface area is 166 Å². The van der Waals surface area contributed by atoms with Crippen molar-refractivity contribution in [1.29, 1.82) is 0 Å². The summed E-state index contributed by atoms with van der Waals surface area (Å²) in [5.41, 5.74) is -0.555.